The monoisotopic (exact) mass is 679 g/mol. The number of carbonyl (C=O) groups excluding carboxylic acids is 4. The Morgan fingerprint density at radius 2 is 0.851 bits per heavy atom. The molecule has 0 aliphatic rings. The first-order valence-electron chi connectivity index (χ1n) is 16.6. The molecule has 0 heterocycles. The lowest BCUT2D eigenvalue weighted by molar-refractivity contribution is -0.149. The smallest absolute Gasteiger partial charge is 0.308 e. The van der Waals surface area contributed by atoms with Crippen LogP contribution in [0.4, 0.5) is 0 Å². The molecule has 0 radical (unpaired) electrons. The molecule has 0 rings (SSSR count). The van der Waals surface area contributed by atoms with Crippen LogP contribution in [-0.2, 0) is 61.8 Å². The van der Waals surface area contributed by atoms with E-state index in [0.29, 0.717) is 25.7 Å². The molecule has 14 heteroatoms. The second-order valence-electron chi connectivity index (χ2n) is 12.3. The molecule has 0 atom stereocenters. The minimum atomic E-state index is -1.25. The van der Waals surface area contributed by atoms with Crippen LogP contribution in [0.15, 0.2) is 0 Å². The average Bonchev–Trinajstić information content (AvgIpc) is 2.95. The third kappa shape index (κ3) is 28.4. The van der Waals surface area contributed by atoms with Crippen LogP contribution < -0.4 is 5.32 Å². The molecule has 0 unspecified atom stereocenters. The van der Waals surface area contributed by atoms with Crippen molar-refractivity contribution in [1.29, 1.82) is 0 Å². The van der Waals surface area contributed by atoms with Gasteiger partial charge in [-0.05, 0) is 53.9 Å². The van der Waals surface area contributed by atoms with E-state index in [9.17, 15) is 19.2 Å². The number of esters is 3. The molecular formula is C33H61NO13. The van der Waals surface area contributed by atoms with Gasteiger partial charge in [0, 0.05) is 6.61 Å². The second kappa shape index (κ2) is 27.6. The lowest BCUT2D eigenvalue weighted by Crippen LogP contribution is -2.59. The Labute approximate surface area is 281 Å². The molecule has 0 saturated heterocycles. The van der Waals surface area contributed by atoms with Crippen LogP contribution in [0.1, 0.15) is 81.1 Å². The van der Waals surface area contributed by atoms with Crippen molar-refractivity contribution in [2.45, 2.75) is 105 Å². The van der Waals surface area contributed by atoms with E-state index in [0.717, 1.165) is 6.42 Å². The number of ether oxygens (including phenoxy) is 9. The fourth-order valence-electron chi connectivity index (χ4n) is 3.72. The molecule has 0 aromatic carbocycles. The molecule has 47 heavy (non-hydrogen) atoms. The maximum atomic E-state index is 13.0. The van der Waals surface area contributed by atoms with Crippen molar-refractivity contribution >= 4 is 23.8 Å². The quantitative estimate of drug-likeness (QED) is 0.0670. The van der Waals surface area contributed by atoms with Crippen molar-refractivity contribution in [3.8, 4) is 0 Å². The lowest BCUT2D eigenvalue weighted by atomic mass is 10.0. The molecule has 0 saturated carbocycles. The molecular weight excluding hydrogens is 618 g/mol. The van der Waals surface area contributed by atoms with Gasteiger partial charge in [0.2, 0.25) is 5.91 Å². The summed E-state index contributed by atoms with van der Waals surface area (Å²) in [7, 11) is 0. The standard InChI is InChI=1S/C33H61NO13/c1-25(2)9-13-39-17-18-40-19-20-41-21-29(35)34-33(22-42-14-10-30(36)45-26(3)4,23-43-15-11-31(37)46-27(5)6)24-44-16-12-32(38)47-28(7)8/h25-28H,9-24H2,1-8H3,(H,34,35). The van der Waals surface area contributed by atoms with Crippen LogP contribution in [0.3, 0.4) is 0 Å². The molecule has 0 aliphatic carbocycles. The highest BCUT2D eigenvalue weighted by molar-refractivity contribution is 5.78. The molecule has 0 bridgehead atoms. The molecule has 1 amide bonds. The summed E-state index contributed by atoms with van der Waals surface area (Å²) in [6.45, 7) is 16.2. The summed E-state index contributed by atoms with van der Waals surface area (Å²) < 4.78 is 49.3. The van der Waals surface area contributed by atoms with Crippen LogP contribution in [0.25, 0.3) is 0 Å². The fraction of sp³-hybridized carbons (Fsp3) is 0.879. The Morgan fingerprint density at radius 3 is 1.21 bits per heavy atom. The Balaban J connectivity index is 5.26. The van der Waals surface area contributed by atoms with Crippen LogP contribution in [-0.4, -0.2) is 127 Å². The first kappa shape index (κ1) is 44.6. The minimum absolute atomic E-state index is 0.00210. The maximum absolute atomic E-state index is 13.0. The van der Waals surface area contributed by atoms with Crippen molar-refractivity contribution < 1.29 is 61.8 Å². The fourth-order valence-corrected chi connectivity index (χ4v) is 3.72. The van der Waals surface area contributed by atoms with E-state index in [1.807, 2.05) is 0 Å². The third-order valence-corrected chi connectivity index (χ3v) is 5.81. The highest BCUT2D eigenvalue weighted by Gasteiger charge is 2.34. The van der Waals surface area contributed by atoms with Gasteiger partial charge in [-0.3, -0.25) is 19.2 Å². The van der Waals surface area contributed by atoms with Crippen molar-refractivity contribution in [2.24, 2.45) is 5.92 Å². The van der Waals surface area contributed by atoms with Gasteiger partial charge in [-0.1, -0.05) is 13.8 Å². The average molecular weight is 680 g/mol. The van der Waals surface area contributed by atoms with Crippen molar-refractivity contribution in [3.05, 3.63) is 0 Å². The zero-order chi connectivity index (χ0) is 35.5. The molecule has 14 nitrogen and oxygen atoms in total. The maximum Gasteiger partial charge on any atom is 0.308 e. The summed E-state index contributed by atoms with van der Waals surface area (Å²) >= 11 is 0. The van der Waals surface area contributed by atoms with Crippen molar-refractivity contribution in [2.75, 3.05) is 79.3 Å². The summed E-state index contributed by atoms with van der Waals surface area (Å²) in [5.74, 6) is -1.17. The van der Waals surface area contributed by atoms with E-state index < -0.39 is 29.4 Å². The predicted octanol–water partition coefficient (Wildman–Crippen LogP) is 3.01. The minimum Gasteiger partial charge on any atom is -0.463 e. The summed E-state index contributed by atoms with van der Waals surface area (Å²) in [4.78, 5) is 49.0. The number of hydrogen-bond acceptors (Lipinski definition) is 13. The van der Waals surface area contributed by atoms with E-state index in [4.69, 9.17) is 42.6 Å². The van der Waals surface area contributed by atoms with Crippen LogP contribution >= 0.6 is 0 Å². The van der Waals surface area contributed by atoms with Gasteiger partial charge in [0.15, 0.2) is 0 Å². The summed E-state index contributed by atoms with van der Waals surface area (Å²) in [6.07, 6.45) is 0.191. The van der Waals surface area contributed by atoms with E-state index in [2.05, 4.69) is 19.2 Å². The number of carbonyl (C=O) groups is 4. The van der Waals surface area contributed by atoms with Gasteiger partial charge in [-0.2, -0.15) is 0 Å². The summed E-state index contributed by atoms with van der Waals surface area (Å²) in [5, 5.41) is 2.88. The van der Waals surface area contributed by atoms with Crippen LogP contribution in [0.2, 0.25) is 0 Å². The highest BCUT2D eigenvalue weighted by atomic mass is 16.6. The summed E-state index contributed by atoms with van der Waals surface area (Å²) in [5.41, 5.74) is -1.25. The van der Waals surface area contributed by atoms with Gasteiger partial charge in [0.1, 0.15) is 12.1 Å². The van der Waals surface area contributed by atoms with Crippen LogP contribution in [0.5, 0.6) is 0 Å². The zero-order valence-electron chi connectivity index (χ0n) is 29.9. The van der Waals surface area contributed by atoms with E-state index in [1.165, 1.54) is 0 Å². The van der Waals surface area contributed by atoms with Crippen molar-refractivity contribution in [3.63, 3.8) is 0 Å². The van der Waals surface area contributed by atoms with Gasteiger partial charge >= 0.3 is 17.9 Å². The Bertz CT molecular complexity index is 774. The topological polar surface area (TPSA) is 163 Å². The second-order valence-corrected chi connectivity index (χ2v) is 12.3. The molecule has 0 aliphatic heterocycles. The van der Waals surface area contributed by atoms with Gasteiger partial charge in [0.25, 0.3) is 0 Å². The lowest BCUT2D eigenvalue weighted by Gasteiger charge is -2.34. The molecule has 1 N–H and O–H groups in total. The number of amides is 1. The van der Waals surface area contributed by atoms with E-state index >= 15 is 0 Å². The van der Waals surface area contributed by atoms with Crippen molar-refractivity contribution in [1.82, 2.24) is 5.32 Å². The predicted molar refractivity (Wildman–Crippen MR) is 173 cm³/mol. The van der Waals surface area contributed by atoms with Gasteiger partial charge < -0.3 is 47.9 Å². The number of nitrogens with one attached hydrogen (secondary N) is 1. The van der Waals surface area contributed by atoms with E-state index in [1.54, 1.807) is 41.5 Å². The summed E-state index contributed by atoms with van der Waals surface area (Å²) in [6, 6.07) is 0. The zero-order valence-corrected chi connectivity index (χ0v) is 29.9. The number of rotatable bonds is 30. The van der Waals surface area contributed by atoms with Gasteiger partial charge in [-0.15, -0.1) is 0 Å². The molecule has 0 fully saturated rings. The number of hydrogen-bond donors (Lipinski definition) is 1. The largest absolute Gasteiger partial charge is 0.463 e. The highest BCUT2D eigenvalue weighted by Crippen LogP contribution is 2.12. The molecule has 0 aromatic heterocycles. The third-order valence-electron chi connectivity index (χ3n) is 5.81. The Kier molecular flexibility index (Phi) is 26.2. The SMILES string of the molecule is CC(C)CCOCCOCCOCC(=O)NC(COCCC(=O)OC(C)C)(COCCC(=O)OC(C)C)COCCC(=O)OC(C)C. The molecule has 0 aromatic rings. The first-order chi connectivity index (χ1) is 22.2. The molecule has 276 valence electrons. The Morgan fingerprint density at radius 1 is 0.489 bits per heavy atom. The molecule has 0 spiro atoms. The van der Waals surface area contributed by atoms with Crippen LogP contribution in [0, 0.1) is 5.92 Å². The Hall–Kier alpha value is -2.36. The van der Waals surface area contributed by atoms with Gasteiger partial charge in [-0.25, -0.2) is 0 Å². The van der Waals surface area contributed by atoms with E-state index in [-0.39, 0.29) is 97.0 Å². The first-order valence-corrected chi connectivity index (χ1v) is 16.6. The normalized spacial score (nSPS) is 11.8. The van der Waals surface area contributed by atoms with Gasteiger partial charge in [0.05, 0.1) is 104 Å².